The molecule has 232 valence electrons. The van der Waals surface area contributed by atoms with Gasteiger partial charge in [-0.05, 0) is 56.4 Å². The number of likely N-dealkylation sites (N-methyl/N-ethyl adjacent to an activating group) is 1. The Labute approximate surface area is 263 Å². The predicted octanol–water partition coefficient (Wildman–Crippen LogP) is 4.57. The zero-order valence-electron chi connectivity index (χ0n) is 25.1. The zero-order valence-corrected chi connectivity index (χ0v) is 25.8. The first-order chi connectivity index (χ1) is 21.5. The molecular weight excluding hydrogens is 581 g/mol. The molecule has 3 aliphatic heterocycles. The number of anilines is 2. The second-order valence-electron chi connectivity index (χ2n) is 11.8. The third kappa shape index (κ3) is 6.33. The molecule has 44 heavy (non-hydrogen) atoms. The van der Waals surface area contributed by atoms with Crippen molar-refractivity contribution in [3.63, 3.8) is 0 Å². The lowest BCUT2D eigenvalue weighted by Gasteiger charge is -2.43. The number of likely N-dealkylation sites (tertiary alicyclic amines) is 1. The second kappa shape index (κ2) is 13.7. The molecule has 2 saturated heterocycles. The van der Waals surface area contributed by atoms with Crippen LogP contribution in [0.25, 0.3) is 10.8 Å². The average Bonchev–Trinajstić information content (AvgIpc) is 3.46. The lowest BCUT2D eigenvalue weighted by atomic mass is 10.0. The number of fused-ring (bicyclic) bond motifs is 2. The molecule has 0 radical (unpaired) electrons. The van der Waals surface area contributed by atoms with Crippen LogP contribution in [0.2, 0.25) is 5.02 Å². The monoisotopic (exact) mass is 619 g/mol. The molecule has 3 aromatic rings. The fourth-order valence-electron chi connectivity index (χ4n) is 6.80. The van der Waals surface area contributed by atoms with Crippen LogP contribution in [-0.2, 0) is 13.0 Å². The molecule has 0 amide bonds. The summed E-state index contributed by atoms with van der Waals surface area (Å²) in [5, 5.41) is 23.2. The maximum Gasteiger partial charge on any atom is 0.318 e. The molecule has 3 atom stereocenters. The molecule has 9 nitrogen and oxygen atoms in total. The van der Waals surface area contributed by atoms with Gasteiger partial charge in [-0.3, -0.25) is 4.90 Å². The lowest BCUT2D eigenvalue weighted by Crippen LogP contribution is -2.56. The number of nitriles is 1. The highest BCUT2D eigenvalue weighted by atomic mass is 35.5. The van der Waals surface area contributed by atoms with Gasteiger partial charge in [0.15, 0.2) is 0 Å². The minimum atomic E-state index is -0.950. The highest BCUT2D eigenvalue weighted by Crippen LogP contribution is 2.37. The number of hydrogen-bond acceptors (Lipinski definition) is 9. The molecule has 2 fully saturated rings. The third-order valence-corrected chi connectivity index (χ3v) is 9.48. The Balaban J connectivity index is 1.32. The normalized spacial score (nSPS) is 22.0. The first kappa shape index (κ1) is 30.5. The van der Waals surface area contributed by atoms with E-state index in [1.165, 1.54) is 12.2 Å². The standard InChI is InChI=1S/C33H39ClFN7O2/c1-39-16-5-8-25(39)22-44-33-37-28-21-40(29-10-3-7-23-6-2-9-27(34)31(23)29)17-13-26(28)32(38-33)41-18-19-42(24(20-41)12-15-36)30(43)11-4-14-35/h2-4,6-7,9-11,24-25,30,43H,5,8,12-14,16-22H2,1H3/b11-4+/t24-,25-,30?/m0/s1. The van der Waals surface area contributed by atoms with E-state index in [0.717, 1.165) is 70.9 Å². The Hall–Kier alpha value is -3.49. The van der Waals surface area contributed by atoms with E-state index >= 15 is 0 Å². The number of piperazine rings is 1. The number of rotatable bonds is 9. The van der Waals surface area contributed by atoms with E-state index in [1.807, 2.05) is 17.0 Å². The molecule has 11 heteroatoms. The van der Waals surface area contributed by atoms with Crippen LogP contribution in [0.4, 0.5) is 15.9 Å². The van der Waals surface area contributed by atoms with Crippen LogP contribution in [0.3, 0.4) is 0 Å². The minimum absolute atomic E-state index is 0.233. The summed E-state index contributed by atoms with van der Waals surface area (Å²) >= 11 is 6.70. The Morgan fingerprint density at radius 2 is 1.98 bits per heavy atom. The second-order valence-corrected chi connectivity index (χ2v) is 12.2. The quantitative estimate of drug-likeness (QED) is 0.346. The Morgan fingerprint density at radius 1 is 1.14 bits per heavy atom. The van der Waals surface area contributed by atoms with E-state index in [-0.39, 0.29) is 12.5 Å². The fraction of sp³-hybridized carbons (Fsp3) is 0.485. The summed E-state index contributed by atoms with van der Waals surface area (Å²) in [4.78, 5) is 18.6. The molecule has 1 N–H and O–H groups in total. The number of allylic oxidation sites excluding steroid dienone is 1. The van der Waals surface area contributed by atoms with E-state index in [1.54, 1.807) is 0 Å². The van der Waals surface area contributed by atoms with Crippen molar-refractivity contribution in [1.82, 2.24) is 19.8 Å². The Morgan fingerprint density at radius 3 is 2.75 bits per heavy atom. The number of aliphatic hydroxyl groups is 1. The van der Waals surface area contributed by atoms with Gasteiger partial charge in [0, 0.05) is 54.9 Å². The number of aliphatic hydroxyl groups excluding tert-OH is 1. The van der Waals surface area contributed by atoms with E-state index in [0.29, 0.717) is 44.8 Å². The largest absolute Gasteiger partial charge is 0.462 e. The van der Waals surface area contributed by atoms with Gasteiger partial charge >= 0.3 is 6.01 Å². The average molecular weight is 620 g/mol. The van der Waals surface area contributed by atoms with Crippen LogP contribution in [0.1, 0.15) is 30.5 Å². The topological polar surface area (TPSA) is 92.0 Å². The molecule has 3 aliphatic rings. The summed E-state index contributed by atoms with van der Waals surface area (Å²) in [5.41, 5.74) is 3.08. The first-order valence-electron chi connectivity index (χ1n) is 15.4. The molecule has 1 unspecified atom stereocenters. The van der Waals surface area contributed by atoms with Crippen molar-refractivity contribution >= 4 is 33.9 Å². The summed E-state index contributed by atoms with van der Waals surface area (Å²) in [5.74, 6) is 0.830. The number of nitrogens with zero attached hydrogens (tertiary/aromatic N) is 7. The molecule has 0 aliphatic carbocycles. The van der Waals surface area contributed by atoms with Crippen molar-refractivity contribution < 1.29 is 14.2 Å². The maximum absolute atomic E-state index is 12.7. The molecule has 2 aromatic carbocycles. The fourth-order valence-corrected chi connectivity index (χ4v) is 7.08. The third-order valence-electron chi connectivity index (χ3n) is 9.16. The van der Waals surface area contributed by atoms with Gasteiger partial charge in [0.2, 0.25) is 0 Å². The van der Waals surface area contributed by atoms with E-state index in [4.69, 9.17) is 26.3 Å². The molecule has 0 saturated carbocycles. The van der Waals surface area contributed by atoms with E-state index in [9.17, 15) is 14.8 Å². The van der Waals surface area contributed by atoms with Gasteiger partial charge in [-0.1, -0.05) is 41.9 Å². The van der Waals surface area contributed by atoms with Gasteiger partial charge in [0.25, 0.3) is 0 Å². The van der Waals surface area contributed by atoms with Gasteiger partial charge in [-0.15, -0.1) is 0 Å². The van der Waals surface area contributed by atoms with Crippen molar-refractivity contribution in [3.05, 3.63) is 64.8 Å². The van der Waals surface area contributed by atoms with Crippen LogP contribution in [0.5, 0.6) is 6.01 Å². The first-order valence-corrected chi connectivity index (χ1v) is 15.8. The maximum atomic E-state index is 12.7. The van der Waals surface area contributed by atoms with Crippen LogP contribution >= 0.6 is 11.6 Å². The van der Waals surface area contributed by atoms with Crippen LogP contribution in [0, 0.1) is 11.3 Å². The van der Waals surface area contributed by atoms with Crippen LogP contribution in [-0.4, -0.2) is 96.2 Å². The van der Waals surface area contributed by atoms with Gasteiger partial charge in [-0.25, -0.2) is 4.39 Å². The number of hydrogen-bond donors (Lipinski definition) is 1. The van der Waals surface area contributed by atoms with Gasteiger partial charge in [0.05, 0.1) is 29.8 Å². The number of benzene rings is 2. The molecule has 1 aromatic heterocycles. The summed E-state index contributed by atoms with van der Waals surface area (Å²) in [6, 6.07) is 15.0. The van der Waals surface area contributed by atoms with Crippen molar-refractivity contribution in [2.45, 2.75) is 50.5 Å². The zero-order chi connectivity index (χ0) is 30.6. The van der Waals surface area contributed by atoms with Crippen molar-refractivity contribution in [3.8, 4) is 12.1 Å². The molecule has 0 spiro atoms. The number of alkyl halides is 1. The van der Waals surface area contributed by atoms with Gasteiger partial charge in [-0.2, -0.15) is 15.2 Å². The van der Waals surface area contributed by atoms with E-state index in [2.05, 4.69) is 52.1 Å². The predicted molar refractivity (Wildman–Crippen MR) is 171 cm³/mol. The molecule has 6 rings (SSSR count). The van der Waals surface area contributed by atoms with Crippen LogP contribution in [0.15, 0.2) is 48.6 Å². The smallest absolute Gasteiger partial charge is 0.318 e. The number of halogens is 2. The molecular formula is C33H39ClFN7O2. The summed E-state index contributed by atoms with van der Waals surface area (Å²) in [6.45, 7) is 3.91. The van der Waals surface area contributed by atoms with Crippen molar-refractivity contribution in [2.75, 3.05) is 62.9 Å². The highest BCUT2D eigenvalue weighted by molar-refractivity contribution is 6.36. The number of aromatic nitrogens is 2. The van der Waals surface area contributed by atoms with Crippen molar-refractivity contribution in [2.24, 2.45) is 0 Å². The highest BCUT2D eigenvalue weighted by Gasteiger charge is 2.34. The summed E-state index contributed by atoms with van der Waals surface area (Å²) < 4.78 is 19.0. The van der Waals surface area contributed by atoms with Gasteiger partial charge < -0.3 is 24.5 Å². The Kier molecular flexibility index (Phi) is 9.47. The van der Waals surface area contributed by atoms with Crippen LogP contribution < -0.4 is 14.5 Å². The minimum Gasteiger partial charge on any atom is -0.462 e. The van der Waals surface area contributed by atoms with Crippen molar-refractivity contribution in [1.29, 1.82) is 5.26 Å². The summed E-state index contributed by atoms with van der Waals surface area (Å²) in [6.07, 6.45) is 5.02. The SMILES string of the molecule is CN1CCC[C@H]1COc1nc2c(c(N3CCN(C(O)/C=C/CF)[C@@H](CC#N)C3)n1)CCN(c1cccc3cccc(Cl)c13)C2. The Bertz CT molecular complexity index is 1540. The lowest BCUT2D eigenvalue weighted by molar-refractivity contribution is 0.00386. The summed E-state index contributed by atoms with van der Waals surface area (Å²) in [7, 11) is 2.12. The molecule has 0 bridgehead atoms. The van der Waals surface area contributed by atoms with Gasteiger partial charge in [0.1, 0.15) is 25.3 Å². The van der Waals surface area contributed by atoms with E-state index < -0.39 is 12.9 Å². The molecule has 4 heterocycles. The number of ether oxygens (including phenoxy) is 1.